The number of thiophene rings is 1. The van der Waals surface area contributed by atoms with Crippen LogP contribution < -0.4 is 10.2 Å². The summed E-state index contributed by atoms with van der Waals surface area (Å²) >= 11 is 1.25. The third-order valence-electron chi connectivity index (χ3n) is 4.65. The first-order valence-electron chi connectivity index (χ1n) is 8.13. The molecule has 128 valence electrons. The Hall–Kier alpha value is -0.960. The number of sulfonamides is 1. The van der Waals surface area contributed by atoms with E-state index >= 15 is 0 Å². The predicted molar refractivity (Wildman–Crippen MR) is 89.0 cm³/mol. The minimum absolute atomic E-state index is 0.0777. The minimum Gasteiger partial charge on any atom is -0.348 e. The number of amides is 1. The van der Waals surface area contributed by atoms with E-state index in [0.717, 1.165) is 4.90 Å². The Balaban J connectivity index is 1.47. The first kappa shape index (κ1) is 16.9. The zero-order valence-corrected chi connectivity index (χ0v) is 15.0. The topological polar surface area (TPSA) is 70.9 Å². The molecule has 0 aromatic carbocycles. The van der Waals surface area contributed by atoms with E-state index < -0.39 is 10.0 Å². The number of quaternary nitrogens is 1. The van der Waals surface area contributed by atoms with Crippen molar-refractivity contribution in [1.82, 2.24) is 9.62 Å². The Morgan fingerprint density at radius 2 is 2.13 bits per heavy atom. The second kappa shape index (κ2) is 6.88. The van der Waals surface area contributed by atoms with E-state index in [1.165, 1.54) is 28.5 Å². The molecule has 2 heterocycles. The molecular formula is C15H24N3O3S2+. The van der Waals surface area contributed by atoms with Crippen molar-refractivity contribution in [3.8, 4) is 0 Å². The van der Waals surface area contributed by atoms with E-state index in [0.29, 0.717) is 42.9 Å². The summed E-state index contributed by atoms with van der Waals surface area (Å²) < 4.78 is 26.8. The smallest absolute Gasteiger partial charge is 0.275 e. The molecule has 3 rings (SSSR count). The summed E-state index contributed by atoms with van der Waals surface area (Å²) in [6.07, 6.45) is 2.43. The Kier molecular flexibility index (Phi) is 5.05. The average Bonchev–Trinajstić information content (AvgIpc) is 3.22. The van der Waals surface area contributed by atoms with Crippen molar-refractivity contribution in [2.75, 3.05) is 32.7 Å². The molecule has 1 aromatic heterocycles. The van der Waals surface area contributed by atoms with Crippen molar-refractivity contribution in [3.05, 3.63) is 17.5 Å². The van der Waals surface area contributed by atoms with E-state index in [1.807, 2.05) is 0 Å². The van der Waals surface area contributed by atoms with E-state index in [2.05, 4.69) is 12.2 Å². The van der Waals surface area contributed by atoms with Gasteiger partial charge in [0.15, 0.2) is 6.54 Å². The van der Waals surface area contributed by atoms with Gasteiger partial charge in [0.25, 0.3) is 15.9 Å². The summed E-state index contributed by atoms with van der Waals surface area (Å²) in [5.41, 5.74) is 0. The number of rotatable bonds is 6. The SMILES string of the molecule is C[C@H](NC(=O)C[NH+]1CCN(S(=O)(=O)c2cccs2)CC1)C1CC1. The molecule has 1 atom stereocenters. The summed E-state index contributed by atoms with van der Waals surface area (Å²) in [6.45, 7) is 4.80. The van der Waals surface area contributed by atoms with Gasteiger partial charge in [-0.15, -0.1) is 11.3 Å². The molecule has 2 N–H and O–H groups in total. The third kappa shape index (κ3) is 4.12. The van der Waals surface area contributed by atoms with Crippen LogP contribution in [0.5, 0.6) is 0 Å². The van der Waals surface area contributed by atoms with Gasteiger partial charge in [-0.1, -0.05) is 6.07 Å². The van der Waals surface area contributed by atoms with Crippen molar-refractivity contribution in [2.24, 2.45) is 5.92 Å². The van der Waals surface area contributed by atoms with Crippen molar-refractivity contribution >= 4 is 27.3 Å². The van der Waals surface area contributed by atoms with Gasteiger partial charge in [-0.2, -0.15) is 4.31 Å². The normalized spacial score (nSPS) is 22.0. The molecule has 1 saturated carbocycles. The molecule has 8 heteroatoms. The highest BCUT2D eigenvalue weighted by Gasteiger charge is 2.33. The van der Waals surface area contributed by atoms with Gasteiger partial charge in [-0.3, -0.25) is 4.79 Å². The molecule has 1 aromatic rings. The maximum Gasteiger partial charge on any atom is 0.275 e. The van der Waals surface area contributed by atoms with Crippen molar-refractivity contribution in [1.29, 1.82) is 0 Å². The first-order chi connectivity index (χ1) is 11.0. The van der Waals surface area contributed by atoms with Crippen LogP contribution in [0, 0.1) is 5.92 Å². The number of hydrogen-bond donors (Lipinski definition) is 2. The van der Waals surface area contributed by atoms with Crippen LogP contribution in [0.25, 0.3) is 0 Å². The van der Waals surface area contributed by atoms with Crippen molar-refractivity contribution < 1.29 is 18.1 Å². The summed E-state index contributed by atoms with van der Waals surface area (Å²) in [6, 6.07) is 3.67. The fourth-order valence-corrected chi connectivity index (χ4v) is 5.59. The lowest BCUT2D eigenvalue weighted by molar-refractivity contribution is -0.895. The number of nitrogens with one attached hydrogen (secondary N) is 2. The van der Waals surface area contributed by atoms with Gasteiger partial charge in [0.2, 0.25) is 0 Å². The quantitative estimate of drug-likeness (QED) is 0.724. The highest BCUT2D eigenvalue weighted by Crippen LogP contribution is 2.32. The fraction of sp³-hybridized carbons (Fsp3) is 0.667. The molecular weight excluding hydrogens is 334 g/mol. The molecule has 1 amide bonds. The largest absolute Gasteiger partial charge is 0.348 e. The van der Waals surface area contributed by atoms with Crippen LogP contribution in [0.15, 0.2) is 21.7 Å². The van der Waals surface area contributed by atoms with Gasteiger partial charge in [0, 0.05) is 6.04 Å². The van der Waals surface area contributed by atoms with Crippen LogP contribution in [-0.4, -0.2) is 57.4 Å². The van der Waals surface area contributed by atoms with Crippen LogP contribution in [0.1, 0.15) is 19.8 Å². The lowest BCUT2D eigenvalue weighted by Crippen LogP contribution is -3.15. The highest BCUT2D eigenvalue weighted by atomic mass is 32.2. The molecule has 23 heavy (non-hydrogen) atoms. The standard InChI is InChI=1S/C15H23N3O3S2/c1-12(13-4-5-13)16-14(19)11-17-6-8-18(9-7-17)23(20,21)15-3-2-10-22-15/h2-3,10,12-13H,4-9,11H2,1H3,(H,16,19)/p+1/t12-/m0/s1. The number of piperazine rings is 1. The summed E-state index contributed by atoms with van der Waals surface area (Å²) in [5.74, 6) is 0.732. The Morgan fingerprint density at radius 1 is 1.43 bits per heavy atom. The van der Waals surface area contributed by atoms with Crippen LogP contribution in [-0.2, 0) is 14.8 Å². The molecule has 2 fully saturated rings. The lowest BCUT2D eigenvalue weighted by Gasteiger charge is -2.31. The molecule has 1 aliphatic carbocycles. The number of carbonyl (C=O) groups excluding carboxylic acids is 1. The summed E-state index contributed by atoms with van der Waals surface area (Å²) in [4.78, 5) is 13.2. The minimum atomic E-state index is -3.35. The maximum absolute atomic E-state index is 12.5. The number of carbonyl (C=O) groups is 1. The first-order valence-corrected chi connectivity index (χ1v) is 10.5. The van der Waals surface area contributed by atoms with Crippen LogP contribution in [0.3, 0.4) is 0 Å². The van der Waals surface area contributed by atoms with E-state index in [9.17, 15) is 13.2 Å². The zero-order valence-electron chi connectivity index (χ0n) is 13.3. The van der Waals surface area contributed by atoms with E-state index in [1.54, 1.807) is 17.5 Å². The molecule has 1 saturated heterocycles. The summed E-state index contributed by atoms with van der Waals surface area (Å²) in [5, 5.41) is 4.84. The second-order valence-corrected chi connectivity index (χ2v) is 9.57. The van der Waals surface area contributed by atoms with Gasteiger partial charge in [0.05, 0.1) is 26.2 Å². The molecule has 1 aliphatic heterocycles. The molecule has 2 aliphatic rings. The predicted octanol–water partition coefficient (Wildman–Crippen LogP) is -0.448. The molecule has 6 nitrogen and oxygen atoms in total. The van der Waals surface area contributed by atoms with Gasteiger partial charge in [-0.05, 0) is 37.1 Å². The summed E-state index contributed by atoms with van der Waals surface area (Å²) in [7, 11) is -3.35. The highest BCUT2D eigenvalue weighted by molar-refractivity contribution is 7.91. The van der Waals surface area contributed by atoms with Crippen LogP contribution in [0.2, 0.25) is 0 Å². The van der Waals surface area contributed by atoms with Gasteiger partial charge >= 0.3 is 0 Å². The van der Waals surface area contributed by atoms with E-state index in [-0.39, 0.29) is 11.9 Å². The maximum atomic E-state index is 12.5. The Bertz CT molecular complexity index is 633. The zero-order chi connectivity index (χ0) is 16.4. The monoisotopic (exact) mass is 358 g/mol. The molecule has 0 bridgehead atoms. The van der Waals surface area contributed by atoms with Gasteiger partial charge in [-0.25, -0.2) is 8.42 Å². The molecule has 0 spiro atoms. The Labute approximate surface area is 141 Å². The molecule has 0 radical (unpaired) electrons. The van der Waals surface area contributed by atoms with Gasteiger partial charge in [0.1, 0.15) is 4.21 Å². The van der Waals surface area contributed by atoms with Crippen LogP contribution in [0.4, 0.5) is 0 Å². The molecule has 0 unspecified atom stereocenters. The fourth-order valence-electron chi connectivity index (χ4n) is 3.00. The third-order valence-corrected chi connectivity index (χ3v) is 7.92. The second-order valence-electron chi connectivity index (χ2n) is 6.46. The number of hydrogen-bond acceptors (Lipinski definition) is 4. The van der Waals surface area contributed by atoms with Crippen molar-refractivity contribution in [2.45, 2.75) is 30.0 Å². The average molecular weight is 359 g/mol. The van der Waals surface area contributed by atoms with Crippen molar-refractivity contribution in [3.63, 3.8) is 0 Å². The number of nitrogens with zero attached hydrogens (tertiary/aromatic N) is 1. The Morgan fingerprint density at radius 3 is 2.70 bits per heavy atom. The van der Waals surface area contributed by atoms with Gasteiger partial charge < -0.3 is 10.2 Å². The lowest BCUT2D eigenvalue weighted by atomic mass is 10.2. The van der Waals surface area contributed by atoms with E-state index in [4.69, 9.17) is 0 Å². The van der Waals surface area contributed by atoms with Crippen LogP contribution >= 0.6 is 11.3 Å².